The Morgan fingerprint density at radius 3 is 2.37 bits per heavy atom. The van der Waals surface area contributed by atoms with Crippen molar-refractivity contribution in [1.82, 2.24) is 15.1 Å². The summed E-state index contributed by atoms with van der Waals surface area (Å²) in [5.41, 5.74) is 4.28. The maximum absolute atomic E-state index is 12.2. The fourth-order valence-electron chi connectivity index (χ4n) is 2.71. The average molecular weight is 371 g/mol. The zero-order chi connectivity index (χ0) is 20.1. The number of hydrogen-bond acceptors (Lipinski definition) is 3. The summed E-state index contributed by atoms with van der Waals surface area (Å²) in [4.78, 5) is 24.1. The maximum atomic E-state index is 12.2. The molecule has 0 aliphatic heterocycles. The van der Waals surface area contributed by atoms with Crippen LogP contribution >= 0.6 is 0 Å². The predicted molar refractivity (Wildman–Crippen MR) is 108 cm³/mol. The monoisotopic (exact) mass is 371 g/mol. The molecule has 1 aromatic carbocycles. The zero-order valence-electron chi connectivity index (χ0n) is 16.9. The van der Waals surface area contributed by atoms with Gasteiger partial charge in [-0.1, -0.05) is 19.9 Å². The molecule has 0 saturated heterocycles. The Labute approximate surface area is 160 Å². The summed E-state index contributed by atoms with van der Waals surface area (Å²) in [6.07, 6.45) is 0. The smallest absolute Gasteiger partial charge is 0.319 e. The summed E-state index contributed by atoms with van der Waals surface area (Å²) in [7, 11) is 0. The van der Waals surface area contributed by atoms with E-state index in [-0.39, 0.29) is 23.9 Å². The Morgan fingerprint density at radius 2 is 1.78 bits per heavy atom. The van der Waals surface area contributed by atoms with Crippen LogP contribution in [-0.4, -0.2) is 28.3 Å². The van der Waals surface area contributed by atoms with Gasteiger partial charge < -0.3 is 16.0 Å². The van der Waals surface area contributed by atoms with Gasteiger partial charge in [0, 0.05) is 29.5 Å². The second-order valence-electron chi connectivity index (χ2n) is 7.23. The number of aryl methyl sites for hydroxylation is 3. The summed E-state index contributed by atoms with van der Waals surface area (Å²) in [6.45, 7) is 12.0. The molecule has 3 amide bonds. The van der Waals surface area contributed by atoms with Crippen LogP contribution in [0.2, 0.25) is 0 Å². The second-order valence-corrected chi connectivity index (χ2v) is 7.23. The summed E-state index contributed by atoms with van der Waals surface area (Å²) in [6, 6.07) is 7.20. The number of carbonyl (C=O) groups is 2. The van der Waals surface area contributed by atoms with Crippen LogP contribution in [0.5, 0.6) is 0 Å². The Hall–Kier alpha value is -2.83. The van der Waals surface area contributed by atoms with Gasteiger partial charge in [-0.2, -0.15) is 5.10 Å². The minimum absolute atomic E-state index is 0.0448. The van der Waals surface area contributed by atoms with Crippen molar-refractivity contribution in [1.29, 1.82) is 0 Å². The molecule has 0 fully saturated rings. The molecule has 0 aliphatic carbocycles. The Morgan fingerprint density at radius 1 is 1.07 bits per heavy atom. The third-order valence-electron chi connectivity index (χ3n) is 4.30. The molecule has 0 bridgehead atoms. The highest BCUT2D eigenvalue weighted by Crippen LogP contribution is 2.21. The Balaban J connectivity index is 1.95. The van der Waals surface area contributed by atoms with Crippen LogP contribution in [0.3, 0.4) is 0 Å². The Kier molecular flexibility index (Phi) is 6.60. The number of benzene rings is 1. The van der Waals surface area contributed by atoms with Crippen LogP contribution in [0.25, 0.3) is 0 Å². The molecule has 7 heteroatoms. The van der Waals surface area contributed by atoms with Gasteiger partial charge in [0.25, 0.3) is 0 Å². The number of anilines is 2. The number of nitrogens with one attached hydrogen (secondary N) is 3. The van der Waals surface area contributed by atoms with E-state index in [0.29, 0.717) is 17.9 Å². The first-order chi connectivity index (χ1) is 12.7. The zero-order valence-corrected chi connectivity index (χ0v) is 16.9. The second kappa shape index (κ2) is 8.70. The van der Waals surface area contributed by atoms with Gasteiger partial charge in [-0.25, -0.2) is 4.79 Å². The molecule has 3 N–H and O–H groups in total. The number of rotatable bonds is 6. The van der Waals surface area contributed by atoms with Gasteiger partial charge in [-0.15, -0.1) is 0 Å². The highest BCUT2D eigenvalue weighted by molar-refractivity contribution is 5.95. The minimum Gasteiger partial charge on any atom is -0.336 e. The molecule has 2 aromatic rings. The largest absolute Gasteiger partial charge is 0.336 e. The van der Waals surface area contributed by atoms with E-state index in [2.05, 4.69) is 21.0 Å². The van der Waals surface area contributed by atoms with E-state index >= 15 is 0 Å². The van der Waals surface area contributed by atoms with Crippen molar-refractivity contribution in [3.05, 3.63) is 41.2 Å². The topological polar surface area (TPSA) is 88.0 Å². The molecule has 7 nitrogen and oxygen atoms in total. The normalized spacial score (nSPS) is 12.0. The molecule has 146 valence electrons. The molecule has 2 rings (SSSR count). The lowest BCUT2D eigenvalue weighted by atomic mass is 10.1. The van der Waals surface area contributed by atoms with Crippen LogP contribution in [0.15, 0.2) is 24.3 Å². The third kappa shape index (κ3) is 5.57. The van der Waals surface area contributed by atoms with Crippen molar-refractivity contribution < 1.29 is 9.59 Å². The van der Waals surface area contributed by atoms with Gasteiger partial charge in [0.1, 0.15) is 0 Å². The highest BCUT2D eigenvalue weighted by atomic mass is 16.2. The number of nitrogens with zero attached hydrogens (tertiary/aromatic N) is 2. The molecular weight excluding hydrogens is 342 g/mol. The first kappa shape index (κ1) is 20.5. The summed E-state index contributed by atoms with van der Waals surface area (Å²) in [5, 5.41) is 13.0. The molecule has 1 atom stereocenters. The summed E-state index contributed by atoms with van der Waals surface area (Å²) in [5.74, 6) is -0.168. The van der Waals surface area contributed by atoms with Crippen molar-refractivity contribution in [2.45, 2.75) is 47.6 Å². The van der Waals surface area contributed by atoms with E-state index in [1.54, 1.807) is 6.07 Å². The van der Waals surface area contributed by atoms with Crippen molar-refractivity contribution in [3.8, 4) is 0 Å². The van der Waals surface area contributed by atoms with Gasteiger partial charge in [0.2, 0.25) is 5.91 Å². The lowest BCUT2D eigenvalue weighted by Gasteiger charge is -2.16. The van der Waals surface area contributed by atoms with Crippen LogP contribution < -0.4 is 16.0 Å². The molecule has 0 spiro atoms. The SMILES string of the molecule is Cc1cc(C)n([C@H](C)CNC(=O)Nc2ccc(C)c(NC(=O)C(C)C)c2)n1. The van der Waals surface area contributed by atoms with Gasteiger partial charge in [-0.05, 0) is 51.5 Å². The first-order valence-electron chi connectivity index (χ1n) is 9.16. The molecule has 0 radical (unpaired) electrons. The minimum atomic E-state index is -0.298. The van der Waals surface area contributed by atoms with Crippen molar-refractivity contribution >= 4 is 23.3 Å². The molecule has 0 aliphatic rings. The molecule has 0 saturated carbocycles. The summed E-state index contributed by atoms with van der Waals surface area (Å²) >= 11 is 0. The van der Waals surface area contributed by atoms with Gasteiger partial charge in [0.15, 0.2) is 0 Å². The number of hydrogen-bond donors (Lipinski definition) is 3. The number of urea groups is 1. The maximum Gasteiger partial charge on any atom is 0.319 e. The van der Waals surface area contributed by atoms with E-state index in [0.717, 1.165) is 17.0 Å². The number of aromatic nitrogens is 2. The van der Waals surface area contributed by atoms with Gasteiger partial charge in [0.05, 0.1) is 11.7 Å². The van der Waals surface area contributed by atoms with Crippen LogP contribution in [0.4, 0.5) is 16.2 Å². The quantitative estimate of drug-likeness (QED) is 0.722. The molecule has 1 heterocycles. The fourth-order valence-corrected chi connectivity index (χ4v) is 2.71. The standard InChI is InChI=1S/C20H29N5O2/c1-12(2)19(26)23-18-10-17(8-7-13(18)3)22-20(27)21-11-16(6)25-15(5)9-14(4)24-25/h7-10,12,16H,11H2,1-6H3,(H,23,26)(H2,21,22,27)/t16-/m1/s1. The molecular formula is C20H29N5O2. The molecule has 27 heavy (non-hydrogen) atoms. The lowest BCUT2D eigenvalue weighted by Crippen LogP contribution is -2.33. The Bertz CT molecular complexity index is 826. The first-order valence-corrected chi connectivity index (χ1v) is 9.16. The lowest BCUT2D eigenvalue weighted by molar-refractivity contribution is -0.118. The van der Waals surface area contributed by atoms with E-state index in [4.69, 9.17) is 0 Å². The van der Waals surface area contributed by atoms with Crippen molar-refractivity contribution in [2.24, 2.45) is 5.92 Å². The van der Waals surface area contributed by atoms with Crippen LogP contribution in [-0.2, 0) is 4.79 Å². The number of carbonyl (C=O) groups excluding carboxylic acids is 2. The van der Waals surface area contributed by atoms with E-state index in [1.165, 1.54) is 0 Å². The van der Waals surface area contributed by atoms with Gasteiger partial charge >= 0.3 is 6.03 Å². The van der Waals surface area contributed by atoms with E-state index in [1.807, 2.05) is 64.4 Å². The van der Waals surface area contributed by atoms with Crippen molar-refractivity contribution in [2.75, 3.05) is 17.2 Å². The number of amides is 3. The van der Waals surface area contributed by atoms with Crippen molar-refractivity contribution in [3.63, 3.8) is 0 Å². The van der Waals surface area contributed by atoms with Crippen LogP contribution in [0, 0.1) is 26.7 Å². The predicted octanol–water partition coefficient (Wildman–Crippen LogP) is 3.79. The van der Waals surface area contributed by atoms with E-state index < -0.39 is 0 Å². The molecule has 0 unspecified atom stereocenters. The van der Waals surface area contributed by atoms with E-state index in [9.17, 15) is 9.59 Å². The van der Waals surface area contributed by atoms with Gasteiger partial charge in [-0.3, -0.25) is 9.48 Å². The van der Waals surface area contributed by atoms with Crippen LogP contribution in [0.1, 0.15) is 43.8 Å². The average Bonchev–Trinajstić information content (AvgIpc) is 2.94. The third-order valence-corrected chi connectivity index (χ3v) is 4.30. The summed E-state index contributed by atoms with van der Waals surface area (Å²) < 4.78 is 1.90. The fraction of sp³-hybridized carbons (Fsp3) is 0.450. The highest BCUT2D eigenvalue weighted by Gasteiger charge is 2.12. The molecule has 1 aromatic heterocycles.